The van der Waals surface area contributed by atoms with Crippen LogP contribution in [-0.4, -0.2) is 46.3 Å². The molecule has 0 saturated carbocycles. The molecule has 0 aliphatic heterocycles. The Kier molecular flexibility index (Phi) is 9.37. The lowest BCUT2D eigenvalue weighted by molar-refractivity contribution is 0.295. The van der Waals surface area contributed by atoms with Crippen molar-refractivity contribution in [2.45, 2.75) is 67.1 Å². The maximum Gasteiger partial charge on any atom is 0.191 e. The lowest BCUT2D eigenvalue weighted by atomic mass is 10.1. The van der Waals surface area contributed by atoms with Crippen molar-refractivity contribution >= 4 is 5.96 Å². The van der Waals surface area contributed by atoms with Crippen molar-refractivity contribution in [1.29, 1.82) is 0 Å². The van der Waals surface area contributed by atoms with E-state index in [9.17, 15) is 0 Å². The van der Waals surface area contributed by atoms with Gasteiger partial charge in [0.2, 0.25) is 0 Å². The normalized spacial score (nSPS) is 13.0. The number of rotatable bonds is 10. The highest BCUT2D eigenvalue weighted by Crippen LogP contribution is 2.15. The molecule has 30 heavy (non-hydrogen) atoms. The summed E-state index contributed by atoms with van der Waals surface area (Å²) in [4.78, 5) is 7.33. The molecule has 0 saturated heterocycles. The summed E-state index contributed by atoms with van der Waals surface area (Å²) < 4.78 is 1.96. The first-order valence-electron chi connectivity index (χ1n) is 11.2. The highest BCUT2D eigenvalue weighted by Gasteiger charge is 2.14. The minimum Gasteiger partial charge on any atom is -0.357 e. The third kappa shape index (κ3) is 6.59. The first-order valence-corrected chi connectivity index (χ1v) is 11.2. The van der Waals surface area contributed by atoms with E-state index >= 15 is 0 Å². The number of benzene rings is 1. The molecule has 1 heterocycles. The Labute approximate surface area is 182 Å². The highest BCUT2D eigenvalue weighted by atomic mass is 15.3. The molecule has 1 unspecified atom stereocenters. The van der Waals surface area contributed by atoms with Gasteiger partial charge < -0.3 is 10.6 Å². The largest absolute Gasteiger partial charge is 0.357 e. The van der Waals surface area contributed by atoms with E-state index in [4.69, 9.17) is 4.99 Å². The molecule has 0 bridgehead atoms. The zero-order chi connectivity index (χ0) is 22.1. The van der Waals surface area contributed by atoms with Crippen LogP contribution in [0, 0.1) is 13.8 Å². The average molecular weight is 413 g/mol. The molecular weight excluding hydrogens is 372 g/mol. The van der Waals surface area contributed by atoms with Crippen molar-refractivity contribution in [2.24, 2.45) is 12.0 Å². The second kappa shape index (κ2) is 11.7. The summed E-state index contributed by atoms with van der Waals surface area (Å²) in [5, 5.41) is 11.5. The molecule has 0 aliphatic carbocycles. The van der Waals surface area contributed by atoms with Gasteiger partial charge in [-0.3, -0.25) is 9.58 Å². The Hall–Kier alpha value is -2.34. The molecule has 166 valence electrons. The van der Waals surface area contributed by atoms with E-state index in [2.05, 4.69) is 86.4 Å². The second-order valence-corrected chi connectivity index (χ2v) is 7.95. The third-order valence-corrected chi connectivity index (χ3v) is 5.71. The topological polar surface area (TPSA) is 57.5 Å². The molecule has 2 N–H and O–H groups in total. The molecule has 0 amide bonds. The fourth-order valence-electron chi connectivity index (χ4n) is 3.74. The van der Waals surface area contributed by atoms with Gasteiger partial charge >= 0.3 is 0 Å². The van der Waals surface area contributed by atoms with Gasteiger partial charge in [-0.25, -0.2) is 4.99 Å². The van der Waals surface area contributed by atoms with Crippen LogP contribution in [-0.2, 0) is 26.6 Å². The number of aromatic nitrogens is 2. The lowest BCUT2D eigenvalue weighted by Gasteiger charge is -2.20. The van der Waals surface area contributed by atoms with Crippen LogP contribution in [0.1, 0.15) is 55.8 Å². The second-order valence-electron chi connectivity index (χ2n) is 7.95. The molecule has 1 atom stereocenters. The van der Waals surface area contributed by atoms with Gasteiger partial charge in [0, 0.05) is 31.9 Å². The zero-order valence-electron chi connectivity index (χ0n) is 19.9. The Morgan fingerprint density at radius 1 is 1.13 bits per heavy atom. The van der Waals surface area contributed by atoms with Crippen LogP contribution < -0.4 is 10.6 Å². The van der Waals surface area contributed by atoms with Crippen molar-refractivity contribution in [2.75, 3.05) is 19.6 Å². The van der Waals surface area contributed by atoms with Crippen LogP contribution in [0.2, 0.25) is 0 Å². The summed E-state index contributed by atoms with van der Waals surface area (Å²) >= 11 is 0. The zero-order valence-corrected chi connectivity index (χ0v) is 19.9. The number of guanidine groups is 1. The number of nitrogens with zero attached hydrogens (tertiary/aromatic N) is 4. The summed E-state index contributed by atoms with van der Waals surface area (Å²) in [7, 11) is 2.01. The van der Waals surface area contributed by atoms with Crippen LogP contribution >= 0.6 is 0 Å². The fourth-order valence-corrected chi connectivity index (χ4v) is 3.74. The molecule has 6 nitrogen and oxygen atoms in total. The number of hydrogen-bond acceptors (Lipinski definition) is 3. The van der Waals surface area contributed by atoms with Crippen molar-refractivity contribution < 1.29 is 0 Å². The van der Waals surface area contributed by atoms with Gasteiger partial charge in [0.05, 0.1) is 12.2 Å². The molecular formula is C24H40N6. The van der Waals surface area contributed by atoms with Gasteiger partial charge in [0.1, 0.15) is 0 Å². The van der Waals surface area contributed by atoms with Gasteiger partial charge in [0.25, 0.3) is 0 Å². The molecule has 6 heteroatoms. The van der Waals surface area contributed by atoms with Crippen molar-refractivity contribution in [3.8, 4) is 0 Å². The van der Waals surface area contributed by atoms with Crippen molar-refractivity contribution in [3.63, 3.8) is 0 Å². The van der Waals surface area contributed by atoms with Gasteiger partial charge in [-0.1, -0.05) is 38.1 Å². The number of aliphatic imine (C=N–C) groups is 1. The van der Waals surface area contributed by atoms with Crippen LogP contribution in [0.5, 0.6) is 0 Å². The average Bonchev–Trinajstić information content (AvgIpc) is 2.97. The van der Waals surface area contributed by atoms with E-state index in [1.807, 2.05) is 11.7 Å². The summed E-state index contributed by atoms with van der Waals surface area (Å²) in [6.45, 7) is 17.5. The first-order chi connectivity index (χ1) is 14.4. The standard InChI is InChI=1S/C24H40N6/c1-8-25-24(27-18(4)15-23-19(5)28-29(7)20(23)6)26-16-21-13-11-12-14-22(21)17-30(9-2)10-3/h11-14,18H,8-10,15-17H2,1-7H3,(H2,25,26,27). The fraction of sp³-hybridized carbons (Fsp3) is 0.583. The molecule has 1 aromatic heterocycles. The van der Waals surface area contributed by atoms with Gasteiger partial charge in [-0.15, -0.1) is 0 Å². The predicted octanol–water partition coefficient (Wildman–Crippen LogP) is 3.57. The SMILES string of the molecule is CCNC(=NCc1ccccc1CN(CC)CC)NC(C)Cc1c(C)nn(C)c1C. The summed E-state index contributed by atoms with van der Waals surface area (Å²) in [5.41, 5.74) is 6.30. The van der Waals surface area contributed by atoms with E-state index in [1.54, 1.807) is 0 Å². The van der Waals surface area contributed by atoms with Gasteiger partial charge in [-0.05, 0) is 63.9 Å². The molecule has 0 aliphatic rings. The first kappa shape index (κ1) is 23.9. The Bertz CT molecular complexity index is 819. The maximum absolute atomic E-state index is 4.89. The van der Waals surface area contributed by atoms with Gasteiger partial charge in [0.15, 0.2) is 5.96 Å². The quantitative estimate of drug-likeness (QED) is 0.463. The van der Waals surface area contributed by atoms with Crippen molar-refractivity contribution in [1.82, 2.24) is 25.3 Å². The van der Waals surface area contributed by atoms with Crippen LogP contribution in [0.25, 0.3) is 0 Å². The molecule has 2 aromatic rings. The molecule has 0 fully saturated rings. The Morgan fingerprint density at radius 2 is 1.80 bits per heavy atom. The van der Waals surface area contributed by atoms with Crippen LogP contribution in [0.15, 0.2) is 29.3 Å². The Morgan fingerprint density at radius 3 is 2.37 bits per heavy atom. The number of hydrogen-bond donors (Lipinski definition) is 2. The van der Waals surface area contributed by atoms with E-state index in [1.165, 1.54) is 22.4 Å². The third-order valence-electron chi connectivity index (χ3n) is 5.71. The maximum atomic E-state index is 4.89. The minimum atomic E-state index is 0.260. The lowest BCUT2D eigenvalue weighted by Crippen LogP contribution is -2.43. The summed E-state index contributed by atoms with van der Waals surface area (Å²) in [6, 6.07) is 8.90. The van der Waals surface area contributed by atoms with E-state index in [-0.39, 0.29) is 6.04 Å². The van der Waals surface area contributed by atoms with Crippen LogP contribution in [0.4, 0.5) is 0 Å². The molecule has 0 radical (unpaired) electrons. The number of aryl methyl sites for hydroxylation is 2. The number of nitrogens with one attached hydrogen (secondary N) is 2. The highest BCUT2D eigenvalue weighted by molar-refractivity contribution is 5.80. The molecule has 0 spiro atoms. The monoisotopic (exact) mass is 412 g/mol. The Balaban J connectivity index is 2.09. The smallest absolute Gasteiger partial charge is 0.191 e. The van der Waals surface area contributed by atoms with Gasteiger partial charge in [-0.2, -0.15) is 5.10 Å². The molecule has 2 rings (SSSR count). The van der Waals surface area contributed by atoms with E-state index < -0.39 is 0 Å². The van der Waals surface area contributed by atoms with E-state index in [0.29, 0.717) is 6.54 Å². The van der Waals surface area contributed by atoms with Crippen molar-refractivity contribution in [3.05, 3.63) is 52.3 Å². The predicted molar refractivity (Wildman–Crippen MR) is 127 cm³/mol. The van der Waals surface area contributed by atoms with Crippen LogP contribution in [0.3, 0.4) is 0 Å². The van der Waals surface area contributed by atoms with E-state index in [0.717, 1.165) is 44.3 Å². The minimum absolute atomic E-state index is 0.260. The summed E-state index contributed by atoms with van der Waals surface area (Å²) in [6.07, 6.45) is 0.925. The molecule has 1 aromatic carbocycles. The summed E-state index contributed by atoms with van der Waals surface area (Å²) in [5.74, 6) is 0.863.